The number of hydrogen-bond donors (Lipinski definition) is 1. The Balaban J connectivity index is 2.29. The second-order valence-electron chi connectivity index (χ2n) is 5.68. The van der Waals surface area contributed by atoms with Crippen molar-refractivity contribution >= 4 is 15.9 Å². The highest BCUT2D eigenvalue weighted by molar-refractivity contribution is 9.09. The Kier molecular flexibility index (Phi) is 6.08. The monoisotopic (exact) mass is 378 g/mol. The van der Waals surface area contributed by atoms with E-state index in [1.54, 1.807) is 0 Å². The van der Waals surface area contributed by atoms with E-state index in [4.69, 9.17) is 9.47 Å². The van der Waals surface area contributed by atoms with Crippen LogP contribution in [-0.4, -0.2) is 10.6 Å². The fraction of sp³-hybridized carbons (Fsp3) is 0.368. The number of alkyl halides is 1. The second kappa shape index (κ2) is 7.84. The first kappa shape index (κ1) is 17.8. The molecule has 0 bridgehead atoms. The van der Waals surface area contributed by atoms with Crippen molar-refractivity contribution < 1.29 is 14.6 Å². The summed E-state index contributed by atoms with van der Waals surface area (Å²) in [7, 11) is 0. The quantitative estimate of drug-likeness (QED) is 0.540. The highest BCUT2D eigenvalue weighted by Crippen LogP contribution is 2.33. The van der Waals surface area contributed by atoms with Gasteiger partial charge in [0.1, 0.15) is 17.0 Å². The van der Waals surface area contributed by atoms with E-state index in [9.17, 15) is 5.11 Å². The molecule has 0 radical (unpaired) electrons. The summed E-state index contributed by atoms with van der Waals surface area (Å²) in [5, 5.41) is 11.1. The van der Waals surface area contributed by atoms with Gasteiger partial charge in [-0.05, 0) is 66.0 Å². The molecule has 0 amide bonds. The highest BCUT2D eigenvalue weighted by Gasteiger charge is 2.32. The summed E-state index contributed by atoms with van der Waals surface area (Å²) in [6, 6.07) is 13.3. The second-order valence-corrected chi connectivity index (χ2v) is 6.14. The lowest BCUT2D eigenvalue weighted by Gasteiger charge is -2.31. The SMILES string of the molecule is CCCC(O)(Oc1ccc(OCBr)cc1)c1ccc(C)cc1C. The van der Waals surface area contributed by atoms with E-state index >= 15 is 0 Å². The van der Waals surface area contributed by atoms with Gasteiger partial charge < -0.3 is 14.6 Å². The molecule has 0 aliphatic carbocycles. The third-order valence-electron chi connectivity index (χ3n) is 3.72. The number of benzene rings is 2. The third-order valence-corrected chi connectivity index (χ3v) is 3.95. The number of aryl methyl sites for hydroxylation is 2. The van der Waals surface area contributed by atoms with Crippen LogP contribution >= 0.6 is 15.9 Å². The highest BCUT2D eigenvalue weighted by atomic mass is 79.9. The van der Waals surface area contributed by atoms with Gasteiger partial charge in [-0.2, -0.15) is 0 Å². The van der Waals surface area contributed by atoms with Gasteiger partial charge in [-0.1, -0.05) is 30.7 Å². The molecule has 0 fully saturated rings. The largest absolute Gasteiger partial charge is 0.482 e. The van der Waals surface area contributed by atoms with E-state index in [-0.39, 0.29) is 0 Å². The lowest BCUT2D eigenvalue weighted by Crippen LogP contribution is -2.33. The van der Waals surface area contributed by atoms with Crippen molar-refractivity contribution in [1.29, 1.82) is 0 Å². The molecule has 1 unspecified atom stereocenters. The van der Waals surface area contributed by atoms with E-state index in [0.717, 1.165) is 23.3 Å². The number of rotatable bonds is 7. The Hall–Kier alpha value is -1.52. The van der Waals surface area contributed by atoms with Crippen LogP contribution in [0.4, 0.5) is 0 Å². The Morgan fingerprint density at radius 3 is 2.26 bits per heavy atom. The molecule has 1 atom stereocenters. The molecule has 0 aliphatic rings. The Morgan fingerprint density at radius 2 is 1.70 bits per heavy atom. The zero-order chi connectivity index (χ0) is 16.9. The molecule has 0 heterocycles. The van der Waals surface area contributed by atoms with E-state index < -0.39 is 5.79 Å². The minimum absolute atomic E-state index is 0.440. The average molecular weight is 379 g/mol. The molecule has 0 spiro atoms. The van der Waals surface area contributed by atoms with Crippen molar-refractivity contribution in [3.8, 4) is 11.5 Å². The van der Waals surface area contributed by atoms with Gasteiger partial charge in [-0.15, -0.1) is 0 Å². The van der Waals surface area contributed by atoms with Crippen LogP contribution in [0.1, 0.15) is 36.5 Å². The van der Waals surface area contributed by atoms with Gasteiger partial charge in [0, 0.05) is 12.0 Å². The van der Waals surface area contributed by atoms with Crippen LogP contribution < -0.4 is 9.47 Å². The van der Waals surface area contributed by atoms with Gasteiger partial charge in [-0.25, -0.2) is 0 Å². The van der Waals surface area contributed by atoms with Crippen LogP contribution in [0.25, 0.3) is 0 Å². The molecule has 0 saturated carbocycles. The first-order chi connectivity index (χ1) is 11.0. The molecule has 124 valence electrons. The van der Waals surface area contributed by atoms with Crippen LogP contribution in [-0.2, 0) is 5.79 Å². The summed E-state index contributed by atoms with van der Waals surface area (Å²) >= 11 is 3.22. The van der Waals surface area contributed by atoms with Crippen molar-refractivity contribution in [2.75, 3.05) is 5.52 Å². The van der Waals surface area contributed by atoms with Gasteiger partial charge in [0.2, 0.25) is 5.79 Å². The molecular formula is C19H23BrO3. The van der Waals surface area contributed by atoms with Crippen LogP contribution in [0.15, 0.2) is 42.5 Å². The Labute approximate surface area is 146 Å². The predicted molar refractivity (Wildman–Crippen MR) is 96.2 cm³/mol. The first-order valence-electron chi connectivity index (χ1n) is 7.76. The zero-order valence-electron chi connectivity index (χ0n) is 13.8. The smallest absolute Gasteiger partial charge is 0.235 e. The fourth-order valence-electron chi connectivity index (χ4n) is 2.69. The predicted octanol–water partition coefficient (Wildman–Crippen LogP) is 5.06. The summed E-state index contributed by atoms with van der Waals surface area (Å²) in [6.45, 7) is 6.07. The molecule has 2 rings (SSSR count). The van der Waals surface area contributed by atoms with Gasteiger partial charge >= 0.3 is 0 Å². The Bertz CT molecular complexity index is 640. The van der Waals surface area contributed by atoms with Crippen molar-refractivity contribution in [3.05, 3.63) is 59.2 Å². The zero-order valence-corrected chi connectivity index (χ0v) is 15.4. The summed E-state index contributed by atoms with van der Waals surface area (Å²) in [4.78, 5) is 0. The summed E-state index contributed by atoms with van der Waals surface area (Å²) < 4.78 is 11.3. The molecule has 2 aromatic rings. The summed E-state index contributed by atoms with van der Waals surface area (Å²) in [6.07, 6.45) is 1.34. The maximum atomic E-state index is 11.1. The lowest BCUT2D eigenvalue weighted by atomic mass is 9.95. The van der Waals surface area contributed by atoms with Crippen molar-refractivity contribution in [2.45, 2.75) is 39.4 Å². The number of aliphatic hydroxyl groups is 1. The van der Waals surface area contributed by atoms with E-state index in [2.05, 4.69) is 22.0 Å². The molecule has 2 aromatic carbocycles. The third kappa shape index (κ3) is 4.49. The first-order valence-corrected chi connectivity index (χ1v) is 8.88. The number of hydrogen-bond acceptors (Lipinski definition) is 3. The van der Waals surface area contributed by atoms with Crippen molar-refractivity contribution in [3.63, 3.8) is 0 Å². The summed E-state index contributed by atoms with van der Waals surface area (Å²) in [5.74, 6) is 0.0345. The van der Waals surface area contributed by atoms with Crippen LogP contribution in [0, 0.1) is 13.8 Å². The van der Waals surface area contributed by atoms with Crippen LogP contribution in [0.3, 0.4) is 0 Å². The number of halogens is 1. The van der Waals surface area contributed by atoms with Crippen LogP contribution in [0.5, 0.6) is 11.5 Å². The standard InChI is InChI=1S/C19H23BrO3/c1-4-11-19(21,18-10-5-14(2)12-15(18)3)23-17-8-6-16(7-9-17)22-13-20/h5-10,12,21H,4,11,13H2,1-3H3. The maximum absolute atomic E-state index is 11.1. The van der Waals surface area contributed by atoms with Gasteiger partial charge in [-0.3, -0.25) is 0 Å². The molecule has 0 saturated heterocycles. The summed E-state index contributed by atoms with van der Waals surface area (Å²) in [5.41, 5.74) is 3.45. The van der Waals surface area contributed by atoms with Gasteiger partial charge in [0.05, 0.1) is 0 Å². The number of ether oxygens (including phenoxy) is 2. The van der Waals surface area contributed by atoms with Gasteiger partial charge in [0.15, 0.2) is 0 Å². The van der Waals surface area contributed by atoms with E-state index in [1.165, 1.54) is 5.56 Å². The molecule has 0 aromatic heterocycles. The molecule has 0 aliphatic heterocycles. The normalized spacial score (nSPS) is 13.4. The molecule has 4 heteroatoms. The topological polar surface area (TPSA) is 38.7 Å². The average Bonchev–Trinajstić information content (AvgIpc) is 2.49. The van der Waals surface area contributed by atoms with Crippen molar-refractivity contribution in [2.24, 2.45) is 0 Å². The fourth-order valence-corrected chi connectivity index (χ4v) is 2.96. The van der Waals surface area contributed by atoms with Crippen LogP contribution in [0.2, 0.25) is 0 Å². The molecule has 3 nitrogen and oxygen atoms in total. The Morgan fingerprint density at radius 1 is 1.04 bits per heavy atom. The minimum Gasteiger partial charge on any atom is -0.482 e. The molecule has 23 heavy (non-hydrogen) atoms. The van der Waals surface area contributed by atoms with Crippen molar-refractivity contribution in [1.82, 2.24) is 0 Å². The minimum atomic E-state index is -1.33. The lowest BCUT2D eigenvalue weighted by molar-refractivity contribution is -0.152. The molecular weight excluding hydrogens is 356 g/mol. The van der Waals surface area contributed by atoms with Gasteiger partial charge in [0.25, 0.3) is 0 Å². The maximum Gasteiger partial charge on any atom is 0.235 e. The van der Waals surface area contributed by atoms with E-state index in [0.29, 0.717) is 17.7 Å². The molecule has 1 N–H and O–H groups in total. The van der Waals surface area contributed by atoms with E-state index in [1.807, 2.05) is 57.2 Å².